The number of hydrogen-bond acceptors (Lipinski definition) is 3. The Morgan fingerprint density at radius 1 is 1.62 bits per heavy atom. The third-order valence-corrected chi connectivity index (χ3v) is 3.32. The molecule has 0 aliphatic carbocycles. The van der Waals surface area contributed by atoms with Crippen LogP contribution in [0.3, 0.4) is 0 Å². The molecule has 0 radical (unpaired) electrons. The van der Waals surface area contributed by atoms with Crippen LogP contribution in [0.5, 0.6) is 0 Å². The van der Waals surface area contributed by atoms with Gasteiger partial charge in [0, 0.05) is 37.3 Å². The minimum absolute atomic E-state index is 0.677. The van der Waals surface area contributed by atoms with Crippen LogP contribution in [0.15, 0.2) is 11.1 Å². The average molecular weight is 291 g/mol. The van der Waals surface area contributed by atoms with Crippen LogP contribution >= 0.6 is 15.9 Å². The van der Waals surface area contributed by atoms with E-state index in [9.17, 15) is 0 Å². The lowest BCUT2D eigenvalue weighted by Crippen LogP contribution is -2.40. The fraction of sp³-hybridized carbons (Fsp3) is 0.833. The monoisotopic (exact) mass is 290 g/mol. The molecule has 0 saturated carbocycles. The Labute approximate surface area is 108 Å². The molecule has 1 atom stereocenters. The zero-order chi connectivity index (χ0) is 12.0. The van der Waals surface area contributed by atoms with E-state index in [1.54, 1.807) is 7.11 Å². The van der Waals surface area contributed by atoms with Crippen molar-refractivity contribution in [2.24, 2.45) is 0 Å². The summed E-state index contributed by atoms with van der Waals surface area (Å²) in [4.78, 5) is 4.86. The zero-order valence-electron chi connectivity index (χ0n) is 10.4. The number of likely N-dealkylation sites (N-methyl/N-ethyl adjacent to an activating group) is 1. The molecule has 1 rings (SSSR count). The first kappa shape index (κ1) is 14.2. The molecule has 0 aromatic rings. The largest absolute Gasteiger partial charge is 0.383 e. The van der Waals surface area contributed by atoms with Gasteiger partial charge in [0.25, 0.3) is 0 Å². The predicted molar refractivity (Wildman–Crippen MR) is 72.0 cm³/mol. The maximum atomic E-state index is 5.09. The van der Waals surface area contributed by atoms with Gasteiger partial charge in [-0.2, -0.15) is 0 Å². The topological polar surface area (TPSA) is 15.7 Å². The van der Waals surface area contributed by atoms with Crippen molar-refractivity contribution >= 4 is 15.9 Å². The number of rotatable bonds is 7. The van der Waals surface area contributed by atoms with Gasteiger partial charge >= 0.3 is 0 Å². The van der Waals surface area contributed by atoms with Crippen molar-refractivity contribution in [1.29, 1.82) is 0 Å². The molecule has 0 aromatic carbocycles. The summed E-state index contributed by atoms with van der Waals surface area (Å²) in [7, 11) is 3.92. The molecule has 1 saturated heterocycles. The van der Waals surface area contributed by atoms with Gasteiger partial charge in [-0.15, -0.1) is 0 Å². The van der Waals surface area contributed by atoms with Gasteiger partial charge in [0.05, 0.1) is 6.61 Å². The molecule has 16 heavy (non-hydrogen) atoms. The molecule has 3 nitrogen and oxygen atoms in total. The number of nitrogens with zero attached hydrogens (tertiary/aromatic N) is 2. The molecular weight excluding hydrogens is 268 g/mol. The number of ether oxygens (including phenoxy) is 1. The van der Waals surface area contributed by atoms with E-state index in [1.807, 2.05) is 0 Å². The summed E-state index contributed by atoms with van der Waals surface area (Å²) in [6.07, 6.45) is 2.61. The Kier molecular flexibility index (Phi) is 6.58. The zero-order valence-corrected chi connectivity index (χ0v) is 12.0. The van der Waals surface area contributed by atoms with Gasteiger partial charge in [-0.05, 0) is 26.4 Å². The Morgan fingerprint density at radius 2 is 2.38 bits per heavy atom. The highest BCUT2D eigenvalue weighted by Gasteiger charge is 2.25. The van der Waals surface area contributed by atoms with Gasteiger partial charge in [-0.25, -0.2) is 0 Å². The highest BCUT2D eigenvalue weighted by Crippen LogP contribution is 2.20. The van der Waals surface area contributed by atoms with Crippen molar-refractivity contribution in [2.75, 3.05) is 46.9 Å². The van der Waals surface area contributed by atoms with Crippen molar-refractivity contribution in [3.05, 3.63) is 11.1 Å². The summed E-state index contributed by atoms with van der Waals surface area (Å²) in [5.41, 5.74) is 0. The molecular formula is C12H23BrN2O. The SMILES string of the molecule is C=C(Br)CN1CCC[C@@H]1CN(C)CCOC. The van der Waals surface area contributed by atoms with Crippen LogP contribution in [0, 0.1) is 0 Å². The lowest BCUT2D eigenvalue weighted by Gasteiger charge is -2.28. The molecule has 0 bridgehead atoms. The second-order valence-corrected chi connectivity index (χ2v) is 5.66. The number of likely N-dealkylation sites (tertiary alicyclic amines) is 1. The van der Waals surface area contributed by atoms with Crippen molar-refractivity contribution < 1.29 is 4.74 Å². The summed E-state index contributed by atoms with van der Waals surface area (Å²) in [5, 5.41) is 0. The average Bonchev–Trinajstić information content (AvgIpc) is 2.62. The van der Waals surface area contributed by atoms with E-state index in [0.29, 0.717) is 6.04 Å². The van der Waals surface area contributed by atoms with E-state index < -0.39 is 0 Å². The van der Waals surface area contributed by atoms with Crippen LogP contribution in [0.1, 0.15) is 12.8 Å². The van der Waals surface area contributed by atoms with Gasteiger partial charge < -0.3 is 9.64 Å². The first-order chi connectivity index (χ1) is 7.63. The Bertz CT molecular complexity index is 223. The van der Waals surface area contributed by atoms with E-state index in [2.05, 4.69) is 39.4 Å². The molecule has 1 fully saturated rings. The molecule has 0 unspecified atom stereocenters. The minimum atomic E-state index is 0.677. The number of halogens is 1. The van der Waals surface area contributed by atoms with Gasteiger partial charge in [0.2, 0.25) is 0 Å². The second kappa shape index (κ2) is 7.43. The van der Waals surface area contributed by atoms with Crippen LogP contribution in [0.25, 0.3) is 0 Å². The van der Waals surface area contributed by atoms with E-state index in [0.717, 1.165) is 30.7 Å². The summed E-state index contributed by atoms with van der Waals surface area (Å²) in [5.74, 6) is 0. The maximum Gasteiger partial charge on any atom is 0.0589 e. The normalized spacial score (nSPS) is 21.9. The van der Waals surface area contributed by atoms with Gasteiger partial charge in [-0.3, -0.25) is 4.90 Å². The number of hydrogen-bond donors (Lipinski definition) is 0. The van der Waals surface area contributed by atoms with Crippen molar-refractivity contribution in [3.8, 4) is 0 Å². The molecule has 0 amide bonds. The highest BCUT2D eigenvalue weighted by molar-refractivity contribution is 9.11. The molecule has 4 heteroatoms. The van der Waals surface area contributed by atoms with E-state index in [4.69, 9.17) is 4.74 Å². The summed E-state index contributed by atoms with van der Waals surface area (Å²) in [6.45, 7) is 9.05. The van der Waals surface area contributed by atoms with E-state index >= 15 is 0 Å². The summed E-state index contributed by atoms with van der Waals surface area (Å²) in [6, 6.07) is 0.677. The first-order valence-electron chi connectivity index (χ1n) is 5.88. The van der Waals surface area contributed by atoms with E-state index in [-0.39, 0.29) is 0 Å². The molecule has 1 aliphatic heterocycles. The maximum absolute atomic E-state index is 5.09. The lowest BCUT2D eigenvalue weighted by atomic mass is 10.2. The summed E-state index contributed by atoms with van der Waals surface area (Å²) >= 11 is 3.45. The smallest absolute Gasteiger partial charge is 0.0589 e. The Hall–Kier alpha value is 0.1000. The fourth-order valence-electron chi connectivity index (χ4n) is 2.23. The number of methoxy groups -OCH3 is 1. The molecule has 0 N–H and O–H groups in total. The minimum Gasteiger partial charge on any atom is -0.383 e. The van der Waals surface area contributed by atoms with Gasteiger partial charge in [0.1, 0.15) is 0 Å². The van der Waals surface area contributed by atoms with Crippen LogP contribution in [-0.2, 0) is 4.74 Å². The third-order valence-electron chi connectivity index (χ3n) is 3.07. The van der Waals surface area contributed by atoms with Crippen LogP contribution < -0.4 is 0 Å². The van der Waals surface area contributed by atoms with Crippen LogP contribution in [0.4, 0.5) is 0 Å². The third kappa shape index (κ3) is 4.95. The standard InChI is InChI=1S/C12H23BrN2O/c1-11(13)9-15-6-4-5-12(15)10-14(2)7-8-16-3/h12H,1,4-10H2,2-3H3/t12-/m1/s1. The van der Waals surface area contributed by atoms with Crippen LogP contribution in [-0.4, -0.2) is 62.8 Å². The first-order valence-corrected chi connectivity index (χ1v) is 6.67. The van der Waals surface area contributed by atoms with Crippen molar-refractivity contribution in [3.63, 3.8) is 0 Å². The van der Waals surface area contributed by atoms with Crippen LogP contribution in [0.2, 0.25) is 0 Å². The van der Waals surface area contributed by atoms with Crippen molar-refractivity contribution in [1.82, 2.24) is 9.80 Å². The second-order valence-electron chi connectivity index (χ2n) is 4.54. The molecule has 0 aromatic heterocycles. The van der Waals surface area contributed by atoms with Gasteiger partial charge in [0.15, 0.2) is 0 Å². The molecule has 94 valence electrons. The Morgan fingerprint density at radius 3 is 3.00 bits per heavy atom. The fourth-order valence-corrected chi connectivity index (χ4v) is 2.55. The molecule has 1 aliphatic rings. The lowest BCUT2D eigenvalue weighted by molar-refractivity contribution is 0.141. The predicted octanol–water partition coefficient (Wildman–Crippen LogP) is 1.94. The van der Waals surface area contributed by atoms with Crippen molar-refractivity contribution in [2.45, 2.75) is 18.9 Å². The molecule has 0 spiro atoms. The quantitative estimate of drug-likeness (QED) is 0.713. The highest BCUT2D eigenvalue weighted by atomic mass is 79.9. The van der Waals surface area contributed by atoms with Gasteiger partial charge in [-0.1, -0.05) is 22.5 Å². The van der Waals surface area contributed by atoms with E-state index in [1.165, 1.54) is 19.4 Å². The molecule has 1 heterocycles. The summed E-state index contributed by atoms with van der Waals surface area (Å²) < 4.78 is 6.17. The Balaban J connectivity index is 2.31.